The number of nitrogens with one attached hydrogen (secondary N) is 2. The first-order valence-electron chi connectivity index (χ1n) is 12.5. The highest BCUT2D eigenvalue weighted by Crippen LogP contribution is 2.35. The van der Waals surface area contributed by atoms with E-state index >= 15 is 0 Å². The SMILES string of the molecule is CCOc1cc([C@H](CC(=O)O)NC(=O)Nc2c(O)c3c(n(Cc4c(C)cccc4Cl)c2=O)CCC3)ccc1Cl. The number of hydrogen-bond acceptors (Lipinski definition) is 5. The second-order valence-electron chi connectivity index (χ2n) is 9.30. The molecule has 4 rings (SSSR count). The molecule has 0 saturated carbocycles. The predicted molar refractivity (Wildman–Crippen MR) is 149 cm³/mol. The lowest BCUT2D eigenvalue weighted by Gasteiger charge is -2.21. The summed E-state index contributed by atoms with van der Waals surface area (Å²) in [6.07, 6.45) is 1.46. The zero-order valence-electron chi connectivity index (χ0n) is 21.5. The van der Waals surface area contributed by atoms with Crippen LogP contribution >= 0.6 is 23.2 Å². The van der Waals surface area contributed by atoms with Crippen LogP contribution in [0.15, 0.2) is 41.2 Å². The number of benzene rings is 2. The van der Waals surface area contributed by atoms with Crippen LogP contribution in [0.5, 0.6) is 11.5 Å². The summed E-state index contributed by atoms with van der Waals surface area (Å²) >= 11 is 12.6. The van der Waals surface area contributed by atoms with Gasteiger partial charge in [0.25, 0.3) is 5.56 Å². The number of carbonyl (C=O) groups is 2. The van der Waals surface area contributed by atoms with Crippen LogP contribution in [0.25, 0.3) is 0 Å². The van der Waals surface area contributed by atoms with E-state index < -0.39 is 30.0 Å². The van der Waals surface area contributed by atoms with E-state index in [1.165, 1.54) is 4.57 Å². The average molecular weight is 574 g/mol. The number of aryl methyl sites for hydroxylation is 1. The summed E-state index contributed by atoms with van der Waals surface area (Å²) < 4.78 is 7.03. The molecule has 0 saturated heterocycles. The molecule has 11 heteroatoms. The fourth-order valence-corrected chi connectivity index (χ4v) is 5.29. The van der Waals surface area contributed by atoms with Gasteiger partial charge in [0.05, 0.1) is 30.6 Å². The number of anilines is 1. The van der Waals surface area contributed by atoms with Gasteiger partial charge in [-0.3, -0.25) is 9.59 Å². The van der Waals surface area contributed by atoms with E-state index in [2.05, 4.69) is 10.6 Å². The Morgan fingerprint density at radius 3 is 2.62 bits per heavy atom. The first-order valence-corrected chi connectivity index (χ1v) is 13.3. The number of aromatic nitrogens is 1. The van der Waals surface area contributed by atoms with Crippen molar-refractivity contribution in [2.24, 2.45) is 0 Å². The molecule has 206 valence electrons. The molecule has 0 fully saturated rings. The van der Waals surface area contributed by atoms with Gasteiger partial charge < -0.3 is 30.2 Å². The Labute approximate surface area is 235 Å². The summed E-state index contributed by atoms with van der Waals surface area (Å²) in [5, 5.41) is 26.3. The Morgan fingerprint density at radius 1 is 1.15 bits per heavy atom. The number of rotatable bonds is 9. The Bertz CT molecular complexity index is 1470. The smallest absolute Gasteiger partial charge is 0.319 e. The number of urea groups is 1. The molecule has 2 amide bonds. The maximum absolute atomic E-state index is 13.6. The molecule has 3 aromatic rings. The van der Waals surface area contributed by atoms with Gasteiger partial charge in [-0.2, -0.15) is 0 Å². The maximum Gasteiger partial charge on any atom is 0.319 e. The largest absolute Gasteiger partial charge is 0.505 e. The Morgan fingerprint density at radius 2 is 1.92 bits per heavy atom. The molecular formula is C28H29Cl2N3O6. The third kappa shape index (κ3) is 6.15. The molecule has 1 aliphatic carbocycles. The lowest BCUT2D eigenvalue weighted by Crippen LogP contribution is -2.37. The van der Waals surface area contributed by atoms with E-state index in [-0.39, 0.29) is 18.0 Å². The minimum atomic E-state index is -1.15. The number of hydrogen-bond donors (Lipinski definition) is 4. The number of nitrogens with zero attached hydrogens (tertiary/aromatic N) is 1. The number of aromatic hydroxyl groups is 1. The van der Waals surface area contributed by atoms with Gasteiger partial charge >= 0.3 is 12.0 Å². The van der Waals surface area contributed by atoms with Crippen LogP contribution in [0.2, 0.25) is 10.0 Å². The van der Waals surface area contributed by atoms with Crippen LogP contribution in [0.3, 0.4) is 0 Å². The molecule has 0 aliphatic heterocycles. The summed E-state index contributed by atoms with van der Waals surface area (Å²) in [6, 6.07) is 8.36. The monoisotopic (exact) mass is 573 g/mol. The molecule has 0 spiro atoms. The normalized spacial score (nSPS) is 13.0. The zero-order chi connectivity index (χ0) is 28.3. The number of carboxylic acids is 1. The van der Waals surface area contributed by atoms with E-state index in [0.29, 0.717) is 52.1 Å². The van der Waals surface area contributed by atoms with E-state index in [0.717, 1.165) is 17.5 Å². The van der Waals surface area contributed by atoms with Crippen molar-refractivity contribution in [2.75, 3.05) is 11.9 Å². The van der Waals surface area contributed by atoms with Crippen molar-refractivity contribution in [2.45, 2.75) is 52.1 Å². The highest BCUT2D eigenvalue weighted by atomic mass is 35.5. The van der Waals surface area contributed by atoms with Crippen molar-refractivity contribution in [3.05, 3.63) is 84.7 Å². The molecule has 0 unspecified atom stereocenters. The van der Waals surface area contributed by atoms with Crippen LogP contribution in [-0.2, 0) is 24.2 Å². The second kappa shape index (κ2) is 12.0. The van der Waals surface area contributed by atoms with Gasteiger partial charge in [-0.25, -0.2) is 4.79 Å². The van der Waals surface area contributed by atoms with Gasteiger partial charge in [0.15, 0.2) is 5.69 Å². The summed E-state index contributed by atoms with van der Waals surface area (Å²) in [5.41, 5.74) is 2.57. The fourth-order valence-electron chi connectivity index (χ4n) is 4.83. The molecule has 1 atom stereocenters. The number of pyridine rings is 1. The highest BCUT2D eigenvalue weighted by Gasteiger charge is 2.27. The second-order valence-corrected chi connectivity index (χ2v) is 10.1. The highest BCUT2D eigenvalue weighted by molar-refractivity contribution is 6.32. The zero-order valence-corrected chi connectivity index (χ0v) is 23.0. The van der Waals surface area contributed by atoms with E-state index in [9.17, 15) is 24.6 Å². The first-order chi connectivity index (χ1) is 18.6. The van der Waals surface area contributed by atoms with E-state index in [1.807, 2.05) is 19.1 Å². The molecule has 1 aliphatic rings. The molecule has 4 N–H and O–H groups in total. The first kappa shape index (κ1) is 28.3. The van der Waals surface area contributed by atoms with Gasteiger partial charge in [0, 0.05) is 16.3 Å². The van der Waals surface area contributed by atoms with Crippen molar-refractivity contribution < 1.29 is 24.5 Å². The molecule has 39 heavy (non-hydrogen) atoms. The molecule has 2 aromatic carbocycles. The van der Waals surface area contributed by atoms with Gasteiger partial charge in [0.2, 0.25) is 0 Å². The van der Waals surface area contributed by atoms with Crippen LogP contribution in [-0.4, -0.2) is 33.4 Å². The lowest BCUT2D eigenvalue weighted by atomic mass is 10.0. The van der Waals surface area contributed by atoms with Crippen LogP contribution in [0.1, 0.15) is 53.8 Å². The minimum Gasteiger partial charge on any atom is -0.505 e. The summed E-state index contributed by atoms with van der Waals surface area (Å²) in [5.74, 6) is -1.08. The fraction of sp³-hybridized carbons (Fsp3) is 0.321. The number of carboxylic acid groups (broad SMARTS) is 1. The number of halogens is 2. The van der Waals surface area contributed by atoms with E-state index in [4.69, 9.17) is 27.9 Å². The molecule has 1 aromatic heterocycles. The number of fused-ring (bicyclic) bond motifs is 1. The third-order valence-corrected chi connectivity index (χ3v) is 7.41. The molecule has 9 nitrogen and oxygen atoms in total. The van der Waals surface area contributed by atoms with Crippen molar-refractivity contribution in [3.63, 3.8) is 0 Å². The van der Waals surface area contributed by atoms with Crippen LogP contribution < -0.4 is 20.9 Å². The number of carbonyl (C=O) groups excluding carboxylic acids is 1. The standard InChI is InChI=1S/C28H29Cl2N3O6/c1-3-39-23-12-16(10-11-20(23)30)21(13-24(34)35)31-28(38)32-25-26(36)17-7-5-9-22(17)33(27(25)37)14-18-15(2)6-4-8-19(18)29/h4,6,8,10-12,21,36H,3,5,7,9,13-14H2,1-2H3,(H,34,35)(H2,31,32,38)/t21-/m0/s1. The van der Waals surface area contributed by atoms with Gasteiger partial charge in [-0.15, -0.1) is 0 Å². The Balaban J connectivity index is 1.66. The average Bonchev–Trinajstić information content (AvgIpc) is 3.37. The Kier molecular flexibility index (Phi) is 8.72. The number of aliphatic carboxylic acids is 1. The lowest BCUT2D eigenvalue weighted by molar-refractivity contribution is -0.137. The predicted octanol–water partition coefficient (Wildman–Crippen LogP) is 5.44. The van der Waals surface area contributed by atoms with Crippen LogP contribution in [0, 0.1) is 6.92 Å². The molecule has 0 radical (unpaired) electrons. The molecule has 0 bridgehead atoms. The van der Waals surface area contributed by atoms with Gasteiger partial charge in [-0.1, -0.05) is 41.4 Å². The van der Waals surface area contributed by atoms with Crippen molar-refractivity contribution >= 4 is 40.9 Å². The molecular weight excluding hydrogens is 545 g/mol. The summed E-state index contributed by atoms with van der Waals surface area (Å²) in [7, 11) is 0. The number of amides is 2. The number of ether oxygens (including phenoxy) is 1. The van der Waals surface area contributed by atoms with Crippen molar-refractivity contribution in [1.29, 1.82) is 0 Å². The van der Waals surface area contributed by atoms with Gasteiger partial charge in [0.1, 0.15) is 11.5 Å². The summed E-state index contributed by atoms with van der Waals surface area (Å²) in [4.78, 5) is 38.3. The van der Waals surface area contributed by atoms with E-state index in [1.54, 1.807) is 31.2 Å². The third-order valence-electron chi connectivity index (χ3n) is 6.75. The van der Waals surface area contributed by atoms with Crippen molar-refractivity contribution in [1.82, 2.24) is 9.88 Å². The van der Waals surface area contributed by atoms with Gasteiger partial charge in [-0.05, 0) is 68.0 Å². The minimum absolute atomic E-state index is 0.176. The van der Waals surface area contributed by atoms with Crippen LogP contribution in [0.4, 0.5) is 10.5 Å². The topological polar surface area (TPSA) is 130 Å². The maximum atomic E-state index is 13.6. The summed E-state index contributed by atoms with van der Waals surface area (Å²) in [6.45, 7) is 4.20. The Hall–Kier alpha value is -3.69. The quantitative estimate of drug-likeness (QED) is 0.269. The van der Waals surface area contributed by atoms with Crippen molar-refractivity contribution in [3.8, 4) is 11.5 Å². The molecule has 1 heterocycles.